The molecule has 0 spiro atoms. The summed E-state index contributed by atoms with van der Waals surface area (Å²) in [5.41, 5.74) is 1.50. The Hall–Kier alpha value is -2.66. The number of ether oxygens (including phenoxy) is 2. The number of hydrogen-bond donors (Lipinski definition) is 2. The molecule has 0 bridgehead atoms. The van der Waals surface area contributed by atoms with Crippen LogP contribution in [0.2, 0.25) is 5.02 Å². The van der Waals surface area contributed by atoms with Crippen molar-refractivity contribution >= 4 is 44.0 Å². The predicted molar refractivity (Wildman–Crippen MR) is 114 cm³/mol. The number of carbonyl (C=O) groups is 1. The van der Waals surface area contributed by atoms with Crippen LogP contribution in [-0.4, -0.2) is 39.6 Å². The summed E-state index contributed by atoms with van der Waals surface area (Å²) in [6, 6.07) is 9.42. The summed E-state index contributed by atoms with van der Waals surface area (Å²) in [6.07, 6.45) is 0. The Kier molecular flexibility index (Phi) is 5.65. The fourth-order valence-corrected chi connectivity index (χ4v) is 4.47. The number of rotatable bonds is 5. The number of anilines is 1. The molecular formula is C19H16ClN3O5S2. The van der Waals surface area contributed by atoms with Gasteiger partial charge in [0.1, 0.15) is 13.2 Å². The molecule has 156 valence electrons. The molecule has 3 aromatic rings. The van der Waals surface area contributed by atoms with Crippen molar-refractivity contribution in [2.45, 2.75) is 4.90 Å². The molecule has 1 amide bonds. The zero-order chi connectivity index (χ0) is 21.3. The van der Waals surface area contributed by atoms with Crippen molar-refractivity contribution in [3.8, 4) is 22.8 Å². The summed E-state index contributed by atoms with van der Waals surface area (Å²) in [6.45, 7) is 0.997. The van der Waals surface area contributed by atoms with Crippen molar-refractivity contribution in [2.24, 2.45) is 0 Å². The first-order valence-corrected chi connectivity index (χ1v) is 11.5. The van der Waals surface area contributed by atoms with E-state index in [0.29, 0.717) is 35.5 Å². The minimum atomic E-state index is -3.71. The van der Waals surface area contributed by atoms with Crippen LogP contribution in [0.3, 0.4) is 0 Å². The number of carbonyl (C=O) groups excluding carboxylic acids is 1. The summed E-state index contributed by atoms with van der Waals surface area (Å²) in [7, 11) is -2.42. The van der Waals surface area contributed by atoms with Crippen molar-refractivity contribution in [2.75, 3.05) is 25.6 Å². The lowest BCUT2D eigenvalue weighted by molar-refractivity contribution is 0.102. The molecule has 4 rings (SSSR count). The standard InChI is InChI=1S/C19H16ClN3O5S2/c1-21-30(25,26)12-3-4-14(20)13(9-12)18(24)23-19-22-15(10-29-19)11-2-5-16-17(8-11)28-7-6-27-16/h2-5,8-10,21H,6-7H2,1H3,(H,22,23,24). The normalized spacial score (nSPS) is 13.1. The Labute approximate surface area is 181 Å². The van der Waals surface area contributed by atoms with Crippen LogP contribution in [-0.2, 0) is 10.0 Å². The summed E-state index contributed by atoms with van der Waals surface area (Å²) in [5, 5.41) is 4.94. The smallest absolute Gasteiger partial charge is 0.259 e. The van der Waals surface area contributed by atoms with Gasteiger partial charge in [0.15, 0.2) is 16.6 Å². The highest BCUT2D eigenvalue weighted by Gasteiger charge is 2.19. The van der Waals surface area contributed by atoms with Gasteiger partial charge < -0.3 is 9.47 Å². The summed E-state index contributed by atoms with van der Waals surface area (Å²) < 4.78 is 37.3. The number of fused-ring (bicyclic) bond motifs is 1. The molecule has 0 atom stereocenters. The quantitative estimate of drug-likeness (QED) is 0.598. The number of sulfonamides is 1. The topological polar surface area (TPSA) is 107 Å². The van der Waals surface area contributed by atoms with Crippen molar-refractivity contribution < 1.29 is 22.7 Å². The van der Waals surface area contributed by atoms with Crippen LogP contribution in [0.15, 0.2) is 46.7 Å². The molecule has 0 unspecified atom stereocenters. The van der Waals surface area contributed by atoms with Gasteiger partial charge in [0.2, 0.25) is 10.0 Å². The van der Waals surface area contributed by atoms with Gasteiger partial charge in [-0.05, 0) is 43.4 Å². The highest BCUT2D eigenvalue weighted by atomic mass is 35.5. The Morgan fingerprint density at radius 2 is 1.90 bits per heavy atom. The molecule has 0 saturated carbocycles. The van der Waals surface area contributed by atoms with Gasteiger partial charge in [0.25, 0.3) is 5.91 Å². The lowest BCUT2D eigenvalue weighted by Gasteiger charge is -2.18. The summed E-state index contributed by atoms with van der Waals surface area (Å²) in [5.74, 6) is 0.766. The SMILES string of the molecule is CNS(=O)(=O)c1ccc(Cl)c(C(=O)Nc2nc(-c3ccc4c(c3)OCCO4)cs2)c1. The minimum absolute atomic E-state index is 0.0315. The molecule has 2 heterocycles. The maximum absolute atomic E-state index is 12.7. The molecule has 1 aliphatic rings. The van der Waals surface area contributed by atoms with E-state index in [1.807, 2.05) is 18.2 Å². The van der Waals surface area contributed by atoms with Gasteiger partial charge in [-0.3, -0.25) is 10.1 Å². The van der Waals surface area contributed by atoms with Gasteiger partial charge >= 0.3 is 0 Å². The lowest BCUT2D eigenvalue weighted by atomic mass is 10.1. The maximum atomic E-state index is 12.7. The Morgan fingerprint density at radius 1 is 1.13 bits per heavy atom. The Morgan fingerprint density at radius 3 is 2.67 bits per heavy atom. The van der Waals surface area contributed by atoms with Crippen LogP contribution in [0.25, 0.3) is 11.3 Å². The molecule has 0 saturated heterocycles. The molecular weight excluding hydrogens is 450 g/mol. The number of aromatic nitrogens is 1. The second kappa shape index (κ2) is 8.23. The largest absolute Gasteiger partial charge is 0.486 e. The summed E-state index contributed by atoms with van der Waals surface area (Å²) >= 11 is 7.34. The van der Waals surface area contributed by atoms with Crippen LogP contribution in [0, 0.1) is 0 Å². The number of halogens is 1. The molecule has 0 aliphatic carbocycles. The van der Waals surface area contributed by atoms with Crippen LogP contribution >= 0.6 is 22.9 Å². The van der Waals surface area contributed by atoms with Crippen LogP contribution in [0.1, 0.15) is 10.4 Å². The minimum Gasteiger partial charge on any atom is -0.486 e. The fourth-order valence-electron chi connectivity index (χ4n) is 2.79. The molecule has 1 aromatic heterocycles. The first kappa shape index (κ1) is 20.6. The third kappa shape index (κ3) is 4.12. The second-order valence-corrected chi connectivity index (χ2v) is 9.35. The number of thiazole rings is 1. The van der Waals surface area contributed by atoms with Gasteiger partial charge in [-0.2, -0.15) is 0 Å². The Bertz CT molecular complexity index is 1230. The van der Waals surface area contributed by atoms with E-state index in [1.165, 1.54) is 36.6 Å². The number of benzene rings is 2. The summed E-state index contributed by atoms with van der Waals surface area (Å²) in [4.78, 5) is 17.0. The monoisotopic (exact) mass is 465 g/mol. The zero-order valence-corrected chi connectivity index (χ0v) is 18.0. The van der Waals surface area contributed by atoms with Gasteiger partial charge in [0, 0.05) is 10.9 Å². The van der Waals surface area contributed by atoms with Gasteiger partial charge in [-0.1, -0.05) is 11.6 Å². The van der Waals surface area contributed by atoms with E-state index in [-0.39, 0.29) is 15.5 Å². The molecule has 2 aromatic carbocycles. The number of hydrogen-bond acceptors (Lipinski definition) is 7. The van der Waals surface area contributed by atoms with Crippen LogP contribution < -0.4 is 19.5 Å². The number of nitrogens with zero attached hydrogens (tertiary/aromatic N) is 1. The van der Waals surface area contributed by atoms with Crippen LogP contribution in [0.4, 0.5) is 5.13 Å². The number of nitrogens with one attached hydrogen (secondary N) is 2. The third-order valence-corrected chi connectivity index (χ3v) is 6.82. The Balaban J connectivity index is 1.56. The average Bonchev–Trinajstić information content (AvgIpc) is 3.22. The molecule has 11 heteroatoms. The van der Waals surface area contributed by atoms with E-state index in [4.69, 9.17) is 21.1 Å². The fraction of sp³-hybridized carbons (Fsp3) is 0.158. The van der Waals surface area contributed by atoms with E-state index < -0.39 is 15.9 Å². The van der Waals surface area contributed by atoms with Crippen molar-refractivity contribution in [1.82, 2.24) is 9.71 Å². The van der Waals surface area contributed by atoms with E-state index in [0.717, 1.165) is 5.56 Å². The lowest BCUT2D eigenvalue weighted by Crippen LogP contribution is -2.20. The van der Waals surface area contributed by atoms with Crippen LogP contribution in [0.5, 0.6) is 11.5 Å². The molecule has 30 heavy (non-hydrogen) atoms. The zero-order valence-electron chi connectivity index (χ0n) is 15.6. The van der Waals surface area contributed by atoms with Gasteiger partial charge in [-0.25, -0.2) is 18.1 Å². The number of amides is 1. The van der Waals surface area contributed by atoms with E-state index >= 15 is 0 Å². The van der Waals surface area contributed by atoms with Crippen molar-refractivity contribution in [1.29, 1.82) is 0 Å². The van der Waals surface area contributed by atoms with E-state index in [1.54, 1.807) is 5.38 Å². The van der Waals surface area contributed by atoms with E-state index in [2.05, 4.69) is 15.0 Å². The van der Waals surface area contributed by atoms with E-state index in [9.17, 15) is 13.2 Å². The molecule has 8 nitrogen and oxygen atoms in total. The molecule has 2 N–H and O–H groups in total. The molecule has 0 fully saturated rings. The predicted octanol–water partition coefficient (Wildman–Crippen LogP) is 3.40. The third-order valence-electron chi connectivity index (χ3n) is 4.32. The molecule has 1 aliphatic heterocycles. The maximum Gasteiger partial charge on any atom is 0.259 e. The highest BCUT2D eigenvalue weighted by Crippen LogP contribution is 2.35. The average molecular weight is 466 g/mol. The highest BCUT2D eigenvalue weighted by molar-refractivity contribution is 7.89. The van der Waals surface area contributed by atoms with Gasteiger partial charge in [0.05, 0.1) is 21.2 Å². The first-order valence-electron chi connectivity index (χ1n) is 8.77. The first-order chi connectivity index (χ1) is 14.4. The van der Waals surface area contributed by atoms with Gasteiger partial charge in [-0.15, -0.1) is 11.3 Å². The van der Waals surface area contributed by atoms with Crippen molar-refractivity contribution in [3.05, 3.63) is 52.4 Å². The second-order valence-electron chi connectivity index (χ2n) is 6.20. The molecule has 0 radical (unpaired) electrons. The van der Waals surface area contributed by atoms with Crippen molar-refractivity contribution in [3.63, 3.8) is 0 Å².